The van der Waals surface area contributed by atoms with E-state index >= 15 is 0 Å². The third-order valence-electron chi connectivity index (χ3n) is 2.36. The molecule has 0 rings (SSSR count). The van der Waals surface area contributed by atoms with Crippen molar-refractivity contribution in [3.8, 4) is 12.5 Å². The molecule has 0 atom stereocenters. The number of hydrogen-bond acceptors (Lipinski definition) is 13. The summed E-state index contributed by atoms with van der Waals surface area (Å²) in [4.78, 5) is 80.9. The molecule has 0 aromatic heterocycles. The molecule has 4 amide bonds. The lowest BCUT2D eigenvalue weighted by Gasteiger charge is -2.07. The molecule has 2 N–H and O–H groups in total. The van der Waals surface area contributed by atoms with Crippen molar-refractivity contribution in [1.82, 2.24) is 9.80 Å². The molecule has 0 saturated carbocycles. The molecular weight excluding hydrogens is 624 g/mol. The van der Waals surface area contributed by atoms with E-state index in [0.717, 1.165) is 23.6 Å². The van der Waals surface area contributed by atoms with Gasteiger partial charge in [0.2, 0.25) is 23.6 Å². The van der Waals surface area contributed by atoms with Crippen LogP contribution in [0.4, 0.5) is 0 Å². The van der Waals surface area contributed by atoms with Crippen LogP contribution in [0.25, 0.3) is 0 Å². The van der Waals surface area contributed by atoms with Crippen LogP contribution in [0.3, 0.4) is 0 Å². The second kappa shape index (κ2) is 72.9. The fourth-order valence-corrected chi connectivity index (χ4v) is 0.646. The topological polar surface area (TPSA) is 259 Å². The lowest BCUT2D eigenvalue weighted by atomic mass is 10.5. The molecule has 17 nitrogen and oxygen atoms in total. The molecule has 0 aromatic rings. The van der Waals surface area contributed by atoms with Crippen molar-refractivity contribution >= 4 is 47.5 Å². The first kappa shape index (κ1) is 73.4. The van der Waals surface area contributed by atoms with Gasteiger partial charge in [0, 0.05) is 69.5 Å². The average molecular weight is 687 g/mol. The van der Waals surface area contributed by atoms with E-state index in [9.17, 15) is 28.8 Å². The highest BCUT2D eigenvalue weighted by Crippen LogP contribution is 1.82. The fraction of sp³-hybridized carbons (Fsp3) is 0.667. The standard InChI is InChI=1S/2C5H9NO2.C4H6O3.2C2H3NO.2C2H4O2.4C2H6/c2*1-4(7)6(3)5(2)8;1-3(5)7-4(2)6;2*1-4-2-3;2*1-2(3)4;4*1-2/h2*1-3H3;1-2H3;2*1H3;2*1H3,(H,3,4);4*1-2H3. The van der Waals surface area contributed by atoms with Crippen molar-refractivity contribution in [3.05, 3.63) is 0 Å². The van der Waals surface area contributed by atoms with Crippen molar-refractivity contribution in [2.75, 3.05) is 28.3 Å². The molecule has 0 fully saturated rings. The van der Waals surface area contributed by atoms with Gasteiger partial charge in [0.1, 0.15) is 0 Å². The third-order valence-corrected chi connectivity index (χ3v) is 2.36. The molecular formula is C30H62N4O13. The number of carbonyl (C=O) groups excluding carboxylic acids is 6. The number of rotatable bonds is 0. The summed E-state index contributed by atoms with van der Waals surface area (Å²) in [5, 5.41) is 29.6. The Morgan fingerprint density at radius 2 is 0.574 bits per heavy atom. The number of methoxy groups -OCH3 is 2. The largest absolute Gasteiger partial charge is 0.481 e. The summed E-state index contributed by atoms with van der Waals surface area (Å²) in [6, 6.07) is 0. The summed E-state index contributed by atoms with van der Waals surface area (Å²) in [5.74, 6) is -3.69. The Bertz CT molecular complexity index is 746. The van der Waals surface area contributed by atoms with Gasteiger partial charge in [-0.1, -0.05) is 55.4 Å². The van der Waals surface area contributed by atoms with Crippen molar-refractivity contribution in [2.45, 2.75) is 111 Å². The van der Waals surface area contributed by atoms with Crippen LogP contribution in [-0.4, -0.2) is 95.8 Å². The predicted octanol–water partition coefficient (Wildman–Crippen LogP) is 4.63. The number of imide groups is 2. The number of amides is 4. The predicted molar refractivity (Wildman–Crippen MR) is 178 cm³/mol. The van der Waals surface area contributed by atoms with E-state index in [4.69, 9.17) is 30.3 Å². The molecule has 0 aliphatic carbocycles. The van der Waals surface area contributed by atoms with Crippen molar-refractivity contribution in [3.63, 3.8) is 0 Å². The van der Waals surface area contributed by atoms with Crippen LogP contribution in [0.5, 0.6) is 0 Å². The Morgan fingerprint density at radius 1 is 0.468 bits per heavy atom. The van der Waals surface area contributed by atoms with Crippen LogP contribution in [0.15, 0.2) is 0 Å². The number of nitriles is 2. The third kappa shape index (κ3) is 216. The first-order valence-corrected chi connectivity index (χ1v) is 13.9. The summed E-state index contributed by atoms with van der Waals surface area (Å²) in [6.07, 6.45) is 2.86. The molecule has 0 heterocycles. The Labute approximate surface area is 282 Å². The van der Waals surface area contributed by atoms with Crippen molar-refractivity contribution in [2.24, 2.45) is 0 Å². The first-order valence-electron chi connectivity index (χ1n) is 13.9. The molecule has 17 heteroatoms. The number of nitrogens with zero attached hydrogens (tertiary/aromatic N) is 4. The van der Waals surface area contributed by atoms with Gasteiger partial charge in [0.05, 0.1) is 14.2 Å². The smallest absolute Gasteiger partial charge is 0.310 e. The first-order chi connectivity index (χ1) is 21.5. The summed E-state index contributed by atoms with van der Waals surface area (Å²) in [7, 11) is 5.54. The van der Waals surface area contributed by atoms with E-state index in [1.165, 1.54) is 82.4 Å². The molecule has 47 heavy (non-hydrogen) atoms. The van der Waals surface area contributed by atoms with Gasteiger partial charge in [-0.25, -0.2) is 0 Å². The number of carboxylic acids is 2. The summed E-state index contributed by atoms with van der Waals surface area (Å²) >= 11 is 0. The Morgan fingerprint density at radius 3 is 0.574 bits per heavy atom. The quantitative estimate of drug-likeness (QED) is 0.200. The summed E-state index contributed by atoms with van der Waals surface area (Å²) in [6.45, 7) is 25.9. The van der Waals surface area contributed by atoms with Crippen LogP contribution in [0, 0.1) is 23.0 Å². The Hall–Kier alpha value is -5.06. The van der Waals surface area contributed by atoms with Crippen LogP contribution < -0.4 is 0 Å². The highest BCUT2D eigenvalue weighted by molar-refractivity contribution is 5.92. The van der Waals surface area contributed by atoms with Crippen molar-refractivity contribution < 1.29 is 62.8 Å². The maximum Gasteiger partial charge on any atom is 0.310 e. The fourth-order valence-electron chi connectivity index (χ4n) is 0.646. The zero-order chi connectivity index (χ0) is 41.3. The zero-order valence-corrected chi connectivity index (χ0v) is 32.2. The molecule has 0 bridgehead atoms. The highest BCUT2D eigenvalue weighted by atomic mass is 16.6. The molecule has 280 valence electrons. The normalized spacial score (nSPS) is 6.26. The number of carbonyl (C=O) groups is 8. The highest BCUT2D eigenvalue weighted by Gasteiger charge is 2.05. The van der Waals surface area contributed by atoms with E-state index in [2.05, 4.69) is 14.2 Å². The van der Waals surface area contributed by atoms with Gasteiger partial charge >= 0.3 is 11.9 Å². The van der Waals surface area contributed by atoms with Gasteiger partial charge in [-0.15, -0.1) is 0 Å². The van der Waals surface area contributed by atoms with Crippen LogP contribution >= 0.6 is 0 Å². The molecule has 0 saturated heterocycles. The zero-order valence-electron chi connectivity index (χ0n) is 32.2. The number of aliphatic carboxylic acids is 2. The average Bonchev–Trinajstić information content (AvgIpc) is 2.99. The van der Waals surface area contributed by atoms with E-state index in [1.807, 2.05) is 55.4 Å². The molecule has 0 spiro atoms. The molecule has 0 unspecified atom stereocenters. The Balaban J connectivity index is -0.0000000351. The van der Waals surface area contributed by atoms with Gasteiger partial charge in [0.25, 0.3) is 24.4 Å². The van der Waals surface area contributed by atoms with E-state index < -0.39 is 23.9 Å². The maximum atomic E-state index is 10.3. The monoisotopic (exact) mass is 686 g/mol. The molecule has 0 aliphatic heterocycles. The second-order valence-electron chi connectivity index (χ2n) is 5.91. The Kier molecular flexibility index (Phi) is 114. The lowest BCUT2D eigenvalue weighted by molar-refractivity contribution is -0.156. The minimum Gasteiger partial charge on any atom is -0.481 e. The van der Waals surface area contributed by atoms with Gasteiger partial charge in [-0.2, -0.15) is 10.5 Å². The second-order valence-corrected chi connectivity index (χ2v) is 5.91. The number of ether oxygens (including phenoxy) is 3. The van der Waals surface area contributed by atoms with Crippen molar-refractivity contribution in [1.29, 1.82) is 10.5 Å². The number of esters is 2. The molecule has 0 aliphatic rings. The van der Waals surface area contributed by atoms with Crippen LogP contribution in [0.1, 0.15) is 111 Å². The number of carboxylic acid groups (broad SMARTS) is 2. The molecule has 0 aromatic carbocycles. The van der Waals surface area contributed by atoms with E-state index in [-0.39, 0.29) is 23.6 Å². The summed E-state index contributed by atoms with van der Waals surface area (Å²) < 4.78 is 11.7. The van der Waals surface area contributed by atoms with Gasteiger partial charge in [-0.3, -0.25) is 48.2 Å². The SMILES string of the molecule is CC.CC.CC.CC.CC(=O)N(C)C(C)=O.CC(=O)N(C)C(C)=O.CC(=O)O.CC(=O)O.CC(=O)OC(C)=O.COC#N.COC#N. The van der Waals surface area contributed by atoms with Gasteiger partial charge in [-0.05, 0) is 0 Å². The maximum absolute atomic E-state index is 10.3. The minimum absolute atomic E-state index is 0.225. The van der Waals surface area contributed by atoms with Crippen LogP contribution in [0.2, 0.25) is 0 Å². The lowest BCUT2D eigenvalue weighted by Crippen LogP contribution is -2.28. The summed E-state index contributed by atoms with van der Waals surface area (Å²) in [5.41, 5.74) is 0. The van der Waals surface area contributed by atoms with Crippen LogP contribution in [-0.2, 0) is 52.6 Å². The van der Waals surface area contributed by atoms with E-state index in [1.54, 1.807) is 0 Å². The van der Waals surface area contributed by atoms with Gasteiger partial charge in [0.15, 0.2) is 0 Å². The van der Waals surface area contributed by atoms with E-state index in [0.29, 0.717) is 0 Å². The molecule has 0 radical (unpaired) electrons. The minimum atomic E-state index is -0.833. The number of hydrogen-bond donors (Lipinski definition) is 2. The van der Waals surface area contributed by atoms with Gasteiger partial charge < -0.3 is 24.4 Å².